The van der Waals surface area contributed by atoms with Crippen LogP contribution < -0.4 is 4.90 Å². The number of carbonyl (C=O) groups is 1. The van der Waals surface area contributed by atoms with Crippen LogP contribution in [-0.2, 0) is 4.74 Å². The first-order chi connectivity index (χ1) is 12.7. The number of para-hydroxylation sites is 1. The zero-order chi connectivity index (χ0) is 17.9. The van der Waals surface area contributed by atoms with E-state index in [2.05, 4.69) is 0 Å². The molecule has 3 aromatic rings. The molecule has 4 nitrogen and oxygen atoms in total. The molecule has 134 valence electrons. The number of aromatic nitrogens is 1. The van der Waals surface area contributed by atoms with Gasteiger partial charge < -0.3 is 4.74 Å². The predicted octanol–water partition coefficient (Wildman–Crippen LogP) is 4.84. The maximum Gasteiger partial charge on any atom is 0.260 e. The number of ether oxygens (including phenoxy) is 1. The van der Waals surface area contributed by atoms with E-state index in [4.69, 9.17) is 9.72 Å². The van der Waals surface area contributed by atoms with Gasteiger partial charge in [0.25, 0.3) is 5.91 Å². The van der Waals surface area contributed by atoms with Crippen molar-refractivity contribution < 1.29 is 9.53 Å². The van der Waals surface area contributed by atoms with Crippen molar-refractivity contribution >= 4 is 44.4 Å². The van der Waals surface area contributed by atoms with Gasteiger partial charge in [0, 0.05) is 17.1 Å². The van der Waals surface area contributed by atoms with Crippen LogP contribution in [0.5, 0.6) is 0 Å². The normalized spacial score (nSPS) is 16.9. The average molecular weight is 385 g/mol. The molecule has 1 fully saturated rings. The summed E-state index contributed by atoms with van der Waals surface area (Å²) in [6.45, 7) is 1.32. The van der Waals surface area contributed by atoms with Crippen LogP contribution in [-0.4, -0.2) is 36.4 Å². The fraction of sp³-hybridized carbons (Fsp3) is 0.300. The Labute approximate surface area is 161 Å². The first-order valence-corrected chi connectivity index (χ1v) is 10.7. The third-order valence-corrected chi connectivity index (χ3v) is 6.31. The molecule has 2 aromatic carbocycles. The summed E-state index contributed by atoms with van der Waals surface area (Å²) in [7, 11) is 0. The molecular formula is C20H20N2O2S2. The van der Waals surface area contributed by atoms with Gasteiger partial charge in [0.2, 0.25) is 0 Å². The second-order valence-corrected chi connectivity index (χ2v) is 8.13. The lowest BCUT2D eigenvalue weighted by Crippen LogP contribution is -2.37. The number of amides is 1. The van der Waals surface area contributed by atoms with Gasteiger partial charge in [-0.05, 0) is 55.5 Å². The lowest BCUT2D eigenvalue weighted by molar-refractivity contribution is 0.0917. The van der Waals surface area contributed by atoms with E-state index < -0.39 is 0 Å². The van der Waals surface area contributed by atoms with Crippen molar-refractivity contribution in [2.75, 3.05) is 24.3 Å². The zero-order valence-electron chi connectivity index (χ0n) is 14.6. The van der Waals surface area contributed by atoms with Crippen molar-refractivity contribution in [3.8, 4) is 0 Å². The maximum absolute atomic E-state index is 13.2. The van der Waals surface area contributed by atoms with Crippen molar-refractivity contribution in [2.45, 2.75) is 23.8 Å². The smallest absolute Gasteiger partial charge is 0.260 e. The van der Waals surface area contributed by atoms with Gasteiger partial charge in [-0.25, -0.2) is 4.98 Å². The van der Waals surface area contributed by atoms with Crippen LogP contribution in [0, 0.1) is 0 Å². The highest BCUT2D eigenvalue weighted by molar-refractivity contribution is 7.98. The Bertz CT molecular complexity index is 869. The molecule has 1 amide bonds. The van der Waals surface area contributed by atoms with E-state index in [0.29, 0.717) is 12.1 Å². The van der Waals surface area contributed by atoms with Crippen molar-refractivity contribution in [2.24, 2.45) is 0 Å². The lowest BCUT2D eigenvalue weighted by Gasteiger charge is -2.23. The highest BCUT2D eigenvalue weighted by Gasteiger charge is 2.27. The minimum atomic E-state index is -0.0211. The molecule has 0 spiro atoms. The summed E-state index contributed by atoms with van der Waals surface area (Å²) in [5.74, 6) is -0.0211. The van der Waals surface area contributed by atoms with E-state index in [1.807, 2.05) is 54.8 Å². The van der Waals surface area contributed by atoms with Gasteiger partial charge in [0.15, 0.2) is 5.13 Å². The van der Waals surface area contributed by atoms with Crippen LogP contribution in [0.1, 0.15) is 23.2 Å². The molecule has 1 unspecified atom stereocenters. The third-order valence-electron chi connectivity index (χ3n) is 4.51. The Balaban J connectivity index is 1.67. The van der Waals surface area contributed by atoms with Crippen LogP contribution in [0.4, 0.5) is 5.13 Å². The quantitative estimate of drug-likeness (QED) is 0.590. The van der Waals surface area contributed by atoms with Crippen molar-refractivity contribution in [1.29, 1.82) is 0 Å². The number of rotatable bonds is 5. The van der Waals surface area contributed by atoms with Gasteiger partial charge in [0.1, 0.15) is 0 Å². The average Bonchev–Trinajstić information content (AvgIpc) is 3.34. The molecule has 1 aliphatic heterocycles. The minimum Gasteiger partial charge on any atom is -0.376 e. The number of anilines is 1. The number of hydrogen-bond donors (Lipinski definition) is 0. The summed E-state index contributed by atoms with van der Waals surface area (Å²) in [5, 5.41) is 0.737. The number of thioether (sulfide) groups is 1. The van der Waals surface area contributed by atoms with Gasteiger partial charge in [0.05, 0.1) is 22.9 Å². The topological polar surface area (TPSA) is 42.4 Å². The summed E-state index contributed by atoms with van der Waals surface area (Å²) >= 11 is 3.22. The summed E-state index contributed by atoms with van der Waals surface area (Å²) in [6, 6.07) is 15.8. The summed E-state index contributed by atoms with van der Waals surface area (Å²) in [4.78, 5) is 20.9. The van der Waals surface area contributed by atoms with Gasteiger partial charge in [-0.3, -0.25) is 9.69 Å². The molecular weight excluding hydrogens is 364 g/mol. The molecule has 0 saturated carbocycles. The molecule has 4 rings (SSSR count). The lowest BCUT2D eigenvalue weighted by atomic mass is 10.2. The van der Waals surface area contributed by atoms with E-state index in [1.165, 1.54) is 0 Å². The molecule has 26 heavy (non-hydrogen) atoms. The monoisotopic (exact) mass is 384 g/mol. The van der Waals surface area contributed by atoms with E-state index >= 15 is 0 Å². The fourth-order valence-electron chi connectivity index (χ4n) is 3.10. The Kier molecular flexibility index (Phi) is 5.24. The number of nitrogens with zero attached hydrogens (tertiary/aromatic N) is 2. The molecule has 1 atom stereocenters. The molecule has 0 N–H and O–H groups in total. The number of carbonyl (C=O) groups excluding carboxylic acids is 1. The molecule has 2 heterocycles. The van der Waals surface area contributed by atoms with Gasteiger partial charge in [-0.1, -0.05) is 23.5 Å². The summed E-state index contributed by atoms with van der Waals surface area (Å²) in [6.07, 6.45) is 4.15. The largest absolute Gasteiger partial charge is 0.376 e. The summed E-state index contributed by atoms with van der Waals surface area (Å²) in [5.41, 5.74) is 1.61. The minimum absolute atomic E-state index is 0.0211. The van der Waals surface area contributed by atoms with Crippen molar-refractivity contribution in [3.63, 3.8) is 0 Å². The first kappa shape index (κ1) is 17.5. The van der Waals surface area contributed by atoms with Gasteiger partial charge in [-0.15, -0.1) is 11.8 Å². The molecule has 1 saturated heterocycles. The molecule has 1 aromatic heterocycles. The van der Waals surface area contributed by atoms with Crippen LogP contribution in [0.2, 0.25) is 0 Å². The van der Waals surface area contributed by atoms with E-state index in [9.17, 15) is 4.79 Å². The molecule has 0 radical (unpaired) electrons. The highest BCUT2D eigenvalue weighted by Crippen LogP contribution is 2.31. The molecule has 0 bridgehead atoms. The van der Waals surface area contributed by atoms with Crippen LogP contribution in [0.3, 0.4) is 0 Å². The standard InChI is InChI=1S/C20H20N2O2S2/c1-25-16-10-8-14(9-11-16)19(23)22(13-15-5-4-12-24-15)20-21-17-6-2-3-7-18(17)26-20/h2-3,6-11,15H,4-5,12-13H2,1H3. The third kappa shape index (κ3) is 3.63. The van der Waals surface area contributed by atoms with E-state index in [1.54, 1.807) is 28.0 Å². The maximum atomic E-state index is 13.2. The predicted molar refractivity (Wildman–Crippen MR) is 108 cm³/mol. The Morgan fingerprint density at radius 1 is 1.27 bits per heavy atom. The Hall–Kier alpha value is -1.89. The Morgan fingerprint density at radius 2 is 2.08 bits per heavy atom. The summed E-state index contributed by atoms with van der Waals surface area (Å²) < 4.78 is 6.87. The second-order valence-electron chi connectivity index (χ2n) is 6.24. The molecule has 6 heteroatoms. The van der Waals surface area contributed by atoms with Crippen LogP contribution in [0.15, 0.2) is 53.4 Å². The van der Waals surface area contributed by atoms with Crippen LogP contribution in [0.25, 0.3) is 10.2 Å². The SMILES string of the molecule is CSc1ccc(C(=O)N(CC2CCCO2)c2nc3ccccc3s2)cc1. The fourth-order valence-corrected chi connectivity index (χ4v) is 4.49. The van der Waals surface area contributed by atoms with Crippen molar-refractivity contribution in [1.82, 2.24) is 4.98 Å². The van der Waals surface area contributed by atoms with Crippen molar-refractivity contribution in [3.05, 3.63) is 54.1 Å². The highest BCUT2D eigenvalue weighted by atomic mass is 32.2. The van der Waals surface area contributed by atoms with Gasteiger partial charge >= 0.3 is 0 Å². The number of fused-ring (bicyclic) bond motifs is 1. The van der Waals surface area contributed by atoms with Gasteiger partial charge in [-0.2, -0.15) is 0 Å². The number of benzene rings is 2. The first-order valence-electron chi connectivity index (χ1n) is 8.67. The van der Waals surface area contributed by atoms with E-state index in [0.717, 1.165) is 39.7 Å². The van der Waals surface area contributed by atoms with E-state index in [-0.39, 0.29) is 12.0 Å². The molecule has 1 aliphatic rings. The zero-order valence-corrected chi connectivity index (χ0v) is 16.2. The Morgan fingerprint density at radius 3 is 2.77 bits per heavy atom. The number of thiazole rings is 1. The van der Waals surface area contributed by atoms with Crippen LogP contribution >= 0.6 is 23.1 Å². The second kappa shape index (κ2) is 7.78. The molecule has 0 aliphatic carbocycles. The number of hydrogen-bond acceptors (Lipinski definition) is 5.